The maximum absolute atomic E-state index is 3.61. The maximum Gasteiger partial charge on any atom is 0.0164 e. The Morgan fingerprint density at radius 3 is 2.60 bits per heavy atom. The quantitative estimate of drug-likeness (QED) is 0.657. The van der Waals surface area contributed by atoms with E-state index >= 15 is 0 Å². The molecular weight excluding hydrogens is 184 g/mol. The van der Waals surface area contributed by atoms with Crippen molar-refractivity contribution in [2.24, 2.45) is 5.92 Å². The van der Waals surface area contributed by atoms with Crippen LogP contribution in [0.2, 0.25) is 0 Å². The van der Waals surface area contributed by atoms with Crippen LogP contribution in [0.5, 0.6) is 0 Å². The van der Waals surface area contributed by atoms with E-state index in [9.17, 15) is 0 Å². The molecule has 0 radical (unpaired) electrons. The molecule has 2 nitrogen and oxygen atoms in total. The van der Waals surface area contributed by atoms with Crippen molar-refractivity contribution < 1.29 is 0 Å². The van der Waals surface area contributed by atoms with Gasteiger partial charge in [-0.15, -0.1) is 0 Å². The van der Waals surface area contributed by atoms with E-state index in [2.05, 4.69) is 43.6 Å². The van der Waals surface area contributed by atoms with Gasteiger partial charge in [0.2, 0.25) is 0 Å². The zero-order chi connectivity index (χ0) is 11.1. The zero-order valence-corrected chi connectivity index (χ0v) is 10.4. The summed E-state index contributed by atoms with van der Waals surface area (Å²) in [7, 11) is 0. The van der Waals surface area contributed by atoms with Crippen LogP contribution in [0.1, 0.15) is 40.0 Å². The topological polar surface area (TPSA) is 24.1 Å². The van der Waals surface area contributed by atoms with Crippen LogP contribution in [0.15, 0.2) is 12.2 Å². The Balaban J connectivity index is 2.05. The summed E-state index contributed by atoms with van der Waals surface area (Å²) in [5.74, 6) is 0.858. The van der Waals surface area contributed by atoms with Crippen LogP contribution >= 0.6 is 0 Å². The van der Waals surface area contributed by atoms with Crippen LogP contribution in [0.3, 0.4) is 0 Å². The Morgan fingerprint density at radius 2 is 2.00 bits per heavy atom. The molecule has 2 N–H and O–H groups in total. The van der Waals surface area contributed by atoms with Crippen LogP contribution in [-0.4, -0.2) is 25.2 Å². The summed E-state index contributed by atoms with van der Waals surface area (Å²) in [4.78, 5) is 0. The second-order valence-electron chi connectivity index (χ2n) is 5.02. The molecule has 0 aliphatic heterocycles. The average Bonchev–Trinajstić information content (AvgIpc) is 2.25. The van der Waals surface area contributed by atoms with Crippen molar-refractivity contribution in [1.29, 1.82) is 0 Å². The first-order chi connectivity index (χ1) is 7.18. The maximum atomic E-state index is 3.61. The third kappa shape index (κ3) is 5.95. The van der Waals surface area contributed by atoms with Gasteiger partial charge in [-0.25, -0.2) is 0 Å². The average molecular weight is 210 g/mol. The molecule has 0 aromatic heterocycles. The van der Waals surface area contributed by atoms with Crippen molar-refractivity contribution in [3.05, 3.63) is 12.2 Å². The Morgan fingerprint density at radius 1 is 1.20 bits per heavy atom. The number of rotatable bonds is 6. The van der Waals surface area contributed by atoms with Gasteiger partial charge in [-0.3, -0.25) is 0 Å². The fourth-order valence-electron chi connectivity index (χ4n) is 1.89. The highest BCUT2D eigenvalue weighted by Gasteiger charge is 2.10. The van der Waals surface area contributed by atoms with Crippen molar-refractivity contribution in [1.82, 2.24) is 10.6 Å². The molecule has 0 saturated carbocycles. The van der Waals surface area contributed by atoms with Crippen molar-refractivity contribution >= 4 is 0 Å². The van der Waals surface area contributed by atoms with Gasteiger partial charge in [-0.2, -0.15) is 0 Å². The second-order valence-corrected chi connectivity index (χ2v) is 5.02. The van der Waals surface area contributed by atoms with Crippen molar-refractivity contribution in [3.8, 4) is 0 Å². The van der Waals surface area contributed by atoms with E-state index in [4.69, 9.17) is 0 Å². The normalized spacial score (nSPS) is 23.3. The predicted octanol–water partition coefficient (Wildman–Crippen LogP) is 2.32. The van der Waals surface area contributed by atoms with Crippen LogP contribution < -0.4 is 10.6 Å². The van der Waals surface area contributed by atoms with Crippen LogP contribution in [0.25, 0.3) is 0 Å². The lowest BCUT2D eigenvalue weighted by Gasteiger charge is -2.22. The molecule has 2 heteroatoms. The zero-order valence-electron chi connectivity index (χ0n) is 10.4. The van der Waals surface area contributed by atoms with E-state index in [1.807, 2.05) is 0 Å². The minimum Gasteiger partial charge on any atom is -0.313 e. The van der Waals surface area contributed by atoms with E-state index in [1.54, 1.807) is 0 Å². The van der Waals surface area contributed by atoms with Crippen LogP contribution in [0, 0.1) is 5.92 Å². The SMILES string of the molecule is CC(C)NCC(C)NCC1CC=CCC1. The highest BCUT2D eigenvalue weighted by molar-refractivity contribution is 4.90. The monoisotopic (exact) mass is 210 g/mol. The highest BCUT2D eigenvalue weighted by atomic mass is 15.0. The Kier molecular flexibility index (Phi) is 5.96. The molecule has 0 heterocycles. The fraction of sp³-hybridized carbons (Fsp3) is 0.846. The van der Waals surface area contributed by atoms with Gasteiger partial charge in [0.25, 0.3) is 0 Å². The largest absolute Gasteiger partial charge is 0.313 e. The van der Waals surface area contributed by atoms with Crippen LogP contribution in [0.4, 0.5) is 0 Å². The summed E-state index contributed by atoms with van der Waals surface area (Å²) in [6.45, 7) is 8.89. The third-order valence-electron chi connectivity index (χ3n) is 2.96. The second kappa shape index (κ2) is 7.02. The van der Waals surface area contributed by atoms with Crippen molar-refractivity contribution in [2.75, 3.05) is 13.1 Å². The summed E-state index contributed by atoms with van der Waals surface area (Å²) in [5, 5.41) is 7.07. The van der Waals surface area contributed by atoms with E-state index in [0.717, 1.165) is 12.5 Å². The molecule has 0 amide bonds. The number of hydrogen-bond donors (Lipinski definition) is 2. The highest BCUT2D eigenvalue weighted by Crippen LogP contribution is 2.16. The van der Waals surface area contributed by atoms with E-state index in [-0.39, 0.29) is 0 Å². The summed E-state index contributed by atoms with van der Waals surface area (Å²) in [6, 6.07) is 1.17. The molecule has 0 fully saturated rings. The van der Waals surface area contributed by atoms with Gasteiger partial charge < -0.3 is 10.6 Å². The molecular formula is C13H26N2. The Labute approximate surface area is 94.5 Å². The number of hydrogen-bond acceptors (Lipinski definition) is 2. The standard InChI is InChI=1S/C13H26N2/c1-11(2)14-9-12(3)15-10-13-7-5-4-6-8-13/h4-5,11-15H,6-10H2,1-3H3. The number of allylic oxidation sites excluding steroid dienone is 2. The third-order valence-corrected chi connectivity index (χ3v) is 2.96. The van der Waals surface area contributed by atoms with Gasteiger partial charge in [0.15, 0.2) is 0 Å². The Hall–Kier alpha value is -0.340. The lowest BCUT2D eigenvalue weighted by atomic mass is 9.94. The first-order valence-corrected chi connectivity index (χ1v) is 6.30. The Bertz CT molecular complexity index is 187. The minimum atomic E-state index is 0.582. The fourth-order valence-corrected chi connectivity index (χ4v) is 1.89. The summed E-state index contributed by atoms with van der Waals surface area (Å²) in [5.41, 5.74) is 0. The van der Waals surface area contributed by atoms with Crippen molar-refractivity contribution in [2.45, 2.75) is 52.1 Å². The summed E-state index contributed by atoms with van der Waals surface area (Å²) < 4.78 is 0. The molecule has 0 aromatic carbocycles. The molecule has 2 unspecified atom stereocenters. The minimum absolute atomic E-state index is 0.582. The summed E-state index contributed by atoms with van der Waals surface area (Å²) >= 11 is 0. The number of nitrogens with one attached hydrogen (secondary N) is 2. The molecule has 0 spiro atoms. The molecule has 2 atom stereocenters. The van der Waals surface area contributed by atoms with E-state index < -0.39 is 0 Å². The van der Waals surface area contributed by atoms with Gasteiger partial charge in [0.05, 0.1) is 0 Å². The molecule has 0 saturated heterocycles. The first-order valence-electron chi connectivity index (χ1n) is 6.30. The van der Waals surface area contributed by atoms with Gasteiger partial charge in [0, 0.05) is 18.6 Å². The lowest BCUT2D eigenvalue weighted by Crippen LogP contribution is -2.40. The molecule has 1 rings (SSSR count). The van der Waals surface area contributed by atoms with Crippen molar-refractivity contribution in [3.63, 3.8) is 0 Å². The lowest BCUT2D eigenvalue weighted by molar-refractivity contribution is 0.396. The van der Waals surface area contributed by atoms with Gasteiger partial charge >= 0.3 is 0 Å². The predicted molar refractivity (Wildman–Crippen MR) is 67.1 cm³/mol. The smallest absolute Gasteiger partial charge is 0.0164 e. The molecule has 1 aliphatic rings. The van der Waals surface area contributed by atoms with E-state index in [0.29, 0.717) is 12.1 Å². The molecule has 1 aliphatic carbocycles. The van der Waals surface area contributed by atoms with Gasteiger partial charge in [0.1, 0.15) is 0 Å². The van der Waals surface area contributed by atoms with Crippen LogP contribution in [-0.2, 0) is 0 Å². The first kappa shape index (κ1) is 12.7. The molecule has 15 heavy (non-hydrogen) atoms. The van der Waals surface area contributed by atoms with Gasteiger partial charge in [-0.1, -0.05) is 26.0 Å². The molecule has 0 aromatic rings. The summed E-state index contributed by atoms with van der Waals surface area (Å²) in [6.07, 6.45) is 8.52. The van der Waals surface area contributed by atoms with Gasteiger partial charge in [-0.05, 0) is 38.6 Å². The van der Waals surface area contributed by atoms with E-state index in [1.165, 1.54) is 25.8 Å². The molecule has 0 bridgehead atoms. The molecule has 88 valence electrons.